The Morgan fingerprint density at radius 3 is 2.65 bits per heavy atom. The summed E-state index contributed by atoms with van der Waals surface area (Å²) in [6.45, 7) is 1.68. The number of carbonyl (C=O) groups excluding carboxylic acids is 1. The molecule has 6 nitrogen and oxygen atoms in total. The summed E-state index contributed by atoms with van der Waals surface area (Å²) < 4.78 is 29.0. The highest BCUT2D eigenvalue weighted by Crippen LogP contribution is 2.23. The van der Waals surface area contributed by atoms with Gasteiger partial charge in [-0.15, -0.1) is 0 Å². The topological polar surface area (TPSA) is 89.3 Å². The summed E-state index contributed by atoms with van der Waals surface area (Å²) in [5.41, 5.74) is 0.448. The lowest BCUT2D eigenvalue weighted by atomic mass is 10.2. The Hall–Kier alpha value is -1.57. The van der Waals surface area contributed by atoms with Gasteiger partial charge in [0, 0.05) is 22.5 Å². The zero-order valence-corrected chi connectivity index (χ0v) is 14.5. The van der Waals surface area contributed by atoms with Crippen LogP contribution in [0.15, 0.2) is 28.8 Å². The maximum atomic E-state index is 12.1. The van der Waals surface area contributed by atoms with Crippen molar-refractivity contribution in [3.63, 3.8) is 0 Å². The first-order valence-electron chi connectivity index (χ1n) is 6.63. The van der Waals surface area contributed by atoms with Gasteiger partial charge in [0.25, 0.3) is 0 Å². The maximum absolute atomic E-state index is 12.1. The first-order chi connectivity index (χ1) is 10.7. The predicted molar refractivity (Wildman–Crippen MR) is 88.4 cm³/mol. The largest absolute Gasteiger partial charge is 0.360 e. The summed E-state index contributed by atoms with van der Waals surface area (Å²) in [7, 11) is -3.48. The van der Waals surface area contributed by atoms with Gasteiger partial charge in [0.15, 0.2) is 15.7 Å². The number of aryl methyl sites for hydroxylation is 1. The number of benzene rings is 1. The number of sulfone groups is 1. The normalized spacial score (nSPS) is 11.4. The number of aromatic nitrogens is 1. The lowest BCUT2D eigenvalue weighted by molar-refractivity contribution is -0.115. The van der Waals surface area contributed by atoms with E-state index in [2.05, 4.69) is 10.5 Å². The number of nitrogens with one attached hydrogen (secondary N) is 1. The van der Waals surface area contributed by atoms with Gasteiger partial charge >= 0.3 is 0 Å². The van der Waals surface area contributed by atoms with Gasteiger partial charge in [-0.2, -0.15) is 0 Å². The highest BCUT2D eigenvalue weighted by molar-refractivity contribution is 7.90. The Labute approximate surface area is 143 Å². The Bertz CT molecular complexity index is 818. The molecular formula is C14H14Cl2N2O4S. The molecule has 0 radical (unpaired) electrons. The highest BCUT2D eigenvalue weighted by Gasteiger charge is 2.17. The van der Waals surface area contributed by atoms with Crippen LogP contribution in [0.3, 0.4) is 0 Å². The fraction of sp³-hybridized carbons (Fsp3) is 0.286. The molecule has 0 aliphatic carbocycles. The summed E-state index contributed by atoms with van der Waals surface area (Å²) in [6, 6.07) is 6.14. The fourth-order valence-electron chi connectivity index (χ4n) is 1.83. The molecule has 9 heteroatoms. The Kier molecular flexibility index (Phi) is 5.67. The number of rotatable bonds is 6. The molecule has 1 N–H and O–H groups in total. The van der Waals surface area contributed by atoms with Crippen LogP contribution in [0.25, 0.3) is 0 Å². The second-order valence-corrected chi connectivity index (χ2v) is 7.98. The minimum absolute atomic E-state index is 0.181. The van der Waals surface area contributed by atoms with E-state index in [0.717, 1.165) is 0 Å². The van der Waals surface area contributed by atoms with Crippen LogP contribution in [0.4, 0.5) is 5.82 Å². The molecule has 0 fully saturated rings. The fourth-order valence-corrected chi connectivity index (χ4v) is 3.75. The van der Waals surface area contributed by atoms with Crippen molar-refractivity contribution >= 4 is 44.8 Å². The minimum Gasteiger partial charge on any atom is -0.360 e. The summed E-state index contributed by atoms with van der Waals surface area (Å²) in [5.74, 6) is -0.200. The van der Waals surface area contributed by atoms with Crippen LogP contribution in [-0.4, -0.2) is 25.2 Å². The van der Waals surface area contributed by atoms with E-state index in [1.807, 2.05) is 0 Å². The zero-order chi connectivity index (χ0) is 17.0. The molecule has 0 bridgehead atoms. The van der Waals surface area contributed by atoms with E-state index in [1.54, 1.807) is 25.1 Å². The molecule has 0 saturated carbocycles. The summed E-state index contributed by atoms with van der Waals surface area (Å²) >= 11 is 11.7. The van der Waals surface area contributed by atoms with Gasteiger partial charge in [0.2, 0.25) is 5.91 Å². The van der Waals surface area contributed by atoms with Gasteiger partial charge in [-0.05, 0) is 24.6 Å². The van der Waals surface area contributed by atoms with Crippen LogP contribution in [0.2, 0.25) is 10.0 Å². The van der Waals surface area contributed by atoms with E-state index in [1.165, 1.54) is 6.07 Å². The zero-order valence-electron chi connectivity index (χ0n) is 12.2. The number of amides is 1. The molecule has 2 rings (SSSR count). The minimum atomic E-state index is -3.48. The van der Waals surface area contributed by atoms with Gasteiger partial charge < -0.3 is 9.84 Å². The van der Waals surface area contributed by atoms with E-state index in [-0.39, 0.29) is 28.8 Å². The van der Waals surface area contributed by atoms with Crippen LogP contribution in [0, 0.1) is 6.92 Å². The first-order valence-corrected chi connectivity index (χ1v) is 9.20. The lowest BCUT2D eigenvalue weighted by Gasteiger charge is -2.07. The molecular weight excluding hydrogens is 363 g/mol. The molecule has 0 spiro atoms. The average Bonchev–Trinajstić information content (AvgIpc) is 2.85. The van der Waals surface area contributed by atoms with E-state index in [9.17, 15) is 13.2 Å². The van der Waals surface area contributed by atoms with Crippen molar-refractivity contribution in [2.75, 3.05) is 11.1 Å². The molecule has 2 aromatic rings. The first kappa shape index (κ1) is 17.8. The SMILES string of the molecule is Cc1cc(NC(=O)CCS(=O)(=O)Cc2ccc(Cl)cc2Cl)no1. The van der Waals surface area contributed by atoms with Gasteiger partial charge in [-0.25, -0.2) is 8.42 Å². The van der Waals surface area contributed by atoms with E-state index in [0.29, 0.717) is 16.3 Å². The van der Waals surface area contributed by atoms with Crippen molar-refractivity contribution in [1.82, 2.24) is 5.16 Å². The van der Waals surface area contributed by atoms with Gasteiger partial charge in [-0.1, -0.05) is 34.4 Å². The second kappa shape index (κ2) is 7.33. The molecule has 1 amide bonds. The third-order valence-corrected chi connectivity index (χ3v) is 5.09. The summed E-state index contributed by atoms with van der Waals surface area (Å²) in [4.78, 5) is 11.7. The van der Waals surface area contributed by atoms with Gasteiger partial charge in [0.1, 0.15) is 5.76 Å². The maximum Gasteiger partial charge on any atom is 0.226 e. The van der Waals surface area contributed by atoms with Crippen molar-refractivity contribution in [1.29, 1.82) is 0 Å². The Morgan fingerprint density at radius 1 is 1.30 bits per heavy atom. The third kappa shape index (κ3) is 5.53. The van der Waals surface area contributed by atoms with Crippen molar-refractivity contribution in [2.24, 2.45) is 0 Å². The molecule has 0 aliphatic heterocycles. The molecule has 23 heavy (non-hydrogen) atoms. The highest BCUT2D eigenvalue weighted by atomic mass is 35.5. The van der Waals surface area contributed by atoms with Crippen LogP contribution in [0.5, 0.6) is 0 Å². The molecule has 0 aliphatic rings. The molecule has 0 saturated heterocycles. The van der Waals surface area contributed by atoms with Crippen molar-refractivity contribution < 1.29 is 17.7 Å². The Morgan fingerprint density at radius 2 is 2.04 bits per heavy atom. The predicted octanol–water partition coefficient (Wildman–Crippen LogP) is 3.23. The quantitative estimate of drug-likeness (QED) is 0.835. The molecule has 0 unspecified atom stereocenters. The van der Waals surface area contributed by atoms with Crippen LogP contribution < -0.4 is 5.32 Å². The van der Waals surface area contributed by atoms with Crippen LogP contribution in [0.1, 0.15) is 17.7 Å². The summed E-state index contributed by atoms with van der Waals surface area (Å²) in [5, 5.41) is 6.78. The lowest BCUT2D eigenvalue weighted by Crippen LogP contribution is -2.18. The molecule has 0 atom stereocenters. The van der Waals surface area contributed by atoms with Crippen molar-refractivity contribution in [3.8, 4) is 0 Å². The number of carbonyl (C=O) groups is 1. The number of anilines is 1. The average molecular weight is 377 g/mol. The van der Waals surface area contributed by atoms with Crippen LogP contribution >= 0.6 is 23.2 Å². The molecule has 1 aromatic heterocycles. The monoisotopic (exact) mass is 376 g/mol. The summed E-state index contributed by atoms with van der Waals surface area (Å²) in [6.07, 6.45) is -0.181. The van der Waals surface area contributed by atoms with Crippen LogP contribution in [-0.2, 0) is 20.4 Å². The second-order valence-electron chi connectivity index (χ2n) is 4.95. The van der Waals surface area contributed by atoms with E-state index in [4.69, 9.17) is 27.7 Å². The number of hydrogen-bond acceptors (Lipinski definition) is 5. The smallest absolute Gasteiger partial charge is 0.226 e. The van der Waals surface area contributed by atoms with E-state index < -0.39 is 15.7 Å². The number of hydrogen-bond donors (Lipinski definition) is 1. The standard InChI is InChI=1S/C14H14Cl2N2O4S/c1-9-6-13(18-22-9)17-14(19)4-5-23(20,21)8-10-2-3-11(15)7-12(10)16/h2-3,6-7H,4-5,8H2,1H3,(H,17,18,19). The van der Waals surface area contributed by atoms with Crippen molar-refractivity contribution in [3.05, 3.63) is 45.6 Å². The Balaban J connectivity index is 1.92. The van der Waals surface area contributed by atoms with E-state index >= 15 is 0 Å². The van der Waals surface area contributed by atoms with Crippen molar-refractivity contribution in [2.45, 2.75) is 19.1 Å². The number of halogens is 2. The molecule has 1 heterocycles. The third-order valence-electron chi connectivity index (χ3n) is 2.93. The molecule has 1 aromatic carbocycles. The van der Waals surface area contributed by atoms with Gasteiger partial charge in [-0.3, -0.25) is 4.79 Å². The number of nitrogens with zero attached hydrogens (tertiary/aromatic N) is 1. The van der Waals surface area contributed by atoms with Gasteiger partial charge in [0.05, 0.1) is 11.5 Å². The molecule has 124 valence electrons.